The van der Waals surface area contributed by atoms with Crippen molar-refractivity contribution < 1.29 is 14.4 Å². The minimum atomic E-state index is -0.661. The van der Waals surface area contributed by atoms with E-state index in [1.54, 1.807) is 7.05 Å². The first-order valence-corrected chi connectivity index (χ1v) is 14.3. The minimum absolute atomic E-state index is 0.0113. The molecule has 0 heterocycles. The van der Waals surface area contributed by atoms with E-state index in [2.05, 4.69) is 46.0 Å². The Labute approximate surface area is 222 Å². The SMILES string of the molecule is CNC(=O)[C@]12CC[C@@H](C)[C@H](C)[C@H]1[C@H]1C(=O)C=C3[C@@]4(C)C=C(C#N)C(=O)C(C)(C)[C@@H]4CC[C@@]3(C)[C@]1(C)CC2. The first kappa shape index (κ1) is 26.4. The van der Waals surface area contributed by atoms with Gasteiger partial charge in [0.05, 0.1) is 11.0 Å². The fourth-order valence-corrected chi connectivity index (χ4v) is 10.5. The first-order chi connectivity index (χ1) is 17.2. The number of amides is 1. The zero-order valence-corrected chi connectivity index (χ0v) is 24.0. The Morgan fingerprint density at radius 3 is 2.32 bits per heavy atom. The van der Waals surface area contributed by atoms with Crippen LogP contribution in [0.15, 0.2) is 23.3 Å². The number of carbonyl (C=O) groups is 3. The molecule has 0 aromatic rings. The third kappa shape index (κ3) is 2.99. The molecule has 0 spiro atoms. The van der Waals surface area contributed by atoms with Crippen molar-refractivity contribution in [3.05, 3.63) is 23.3 Å². The number of hydrogen-bond donors (Lipinski definition) is 1. The molecule has 5 rings (SSSR count). The topological polar surface area (TPSA) is 87.0 Å². The Balaban J connectivity index is 1.72. The Kier molecular flexibility index (Phi) is 5.64. The van der Waals surface area contributed by atoms with Crippen molar-refractivity contribution in [3.63, 3.8) is 0 Å². The number of hydrogen-bond acceptors (Lipinski definition) is 4. The van der Waals surface area contributed by atoms with Gasteiger partial charge in [0.1, 0.15) is 6.07 Å². The molecule has 0 radical (unpaired) electrons. The number of fused-ring (bicyclic) bond motifs is 7. The number of rotatable bonds is 1. The number of nitrogens with zero attached hydrogens (tertiary/aromatic N) is 1. The highest BCUT2D eigenvalue weighted by Gasteiger charge is 2.71. The molecule has 5 heteroatoms. The Morgan fingerprint density at radius 2 is 1.70 bits per heavy atom. The maximum Gasteiger partial charge on any atom is 0.226 e. The number of nitriles is 1. The van der Waals surface area contributed by atoms with Crippen LogP contribution in [0.4, 0.5) is 0 Å². The van der Waals surface area contributed by atoms with E-state index in [1.165, 1.54) is 0 Å². The molecule has 9 atom stereocenters. The van der Waals surface area contributed by atoms with Gasteiger partial charge in [-0.1, -0.05) is 60.1 Å². The molecule has 1 amide bonds. The van der Waals surface area contributed by atoms with Gasteiger partial charge in [0.2, 0.25) is 5.91 Å². The Bertz CT molecular complexity index is 1190. The van der Waals surface area contributed by atoms with E-state index in [4.69, 9.17) is 0 Å². The molecule has 1 N–H and O–H groups in total. The van der Waals surface area contributed by atoms with Crippen LogP contribution in [0, 0.1) is 68.0 Å². The summed E-state index contributed by atoms with van der Waals surface area (Å²) in [5, 5.41) is 12.9. The lowest BCUT2D eigenvalue weighted by molar-refractivity contribution is -0.182. The predicted molar refractivity (Wildman–Crippen MR) is 143 cm³/mol. The minimum Gasteiger partial charge on any atom is -0.359 e. The fraction of sp³-hybridized carbons (Fsp3) is 0.750. The molecule has 0 aromatic heterocycles. The predicted octanol–water partition coefficient (Wildman–Crippen LogP) is 5.81. The highest BCUT2D eigenvalue weighted by molar-refractivity contribution is 6.04. The number of carbonyl (C=O) groups excluding carboxylic acids is 3. The standard InChI is InChI=1S/C32H44N2O3/c1-18-9-12-32(27(37)34-8)14-13-31(7)25(24(32)19(18)2)21(35)15-23-29(5)16-20(17-33)26(36)28(3,4)22(29)10-11-30(23,31)6/h15-16,18-19,22,24-25H,9-14H2,1-8H3,(H,34,37)/t18-,19+,22+,24+,25-,29+,30-,31-,32+/m1/s1. The van der Waals surface area contributed by atoms with Crippen LogP contribution in [0.3, 0.4) is 0 Å². The quantitative estimate of drug-likeness (QED) is 0.488. The summed E-state index contributed by atoms with van der Waals surface area (Å²) in [7, 11) is 1.74. The van der Waals surface area contributed by atoms with Crippen LogP contribution < -0.4 is 5.32 Å². The van der Waals surface area contributed by atoms with E-state index in [-0.39, 0.29) is 57.5 Å². The smallest absolute Gasteiger partial charge is 0.226 e. The van der Waals surface area contributed by atoms with E-state index >= 15 is 0 Å². The molecule has 0 saturated heterocycles. The molecule has 5 aliphatic rings. The van der Waals surface area contributed by atoms with Crippen LogP contribution in [0.5, 0.6) is 0 Å². The highest BCUT2D eigenvalue weighted by atomic mass is 16.2. The zero-order chi connectivity index (χ0) is 27.3. The maximum atomic E-state index is 14.4. The zero-order valence-electron chi connectivity index (χ0n) is 24.0. The second-order valence-corrected chi connectivity index (χ2v) is 14.4. The van der Waals surface area contributed by atoms with Gasteiger partial charge >= 0.3 is 0 Å². The molecule has 0 aliphatic heterocycles. The lowest BCUT2D eigenvalue weighted by atomic mass is 9.34. The number of ketones is 2. The molecule has 0 aromatic carbocycles. The van der Waals surface area contributed by atoms with Crippen LogP contribution in [0.2, 0.25) is 0 Å². The number of allylic oxidation sites excluding steroid dienone is 4. The number of Topliss-reactive ketones (excluding diaryl/α,β-unsaturated/α-hetero) is 1. The molecular weight excluding hydrogens is 460 g/mol. The van der Waals surface area contributed by atoms with Gasteiger partial charge in [0, 0.05) is 23.8 Å². The summed E-state index contributed by atoms with van der Waals surface area (Å²) in [6.45, 7) is 15.3. The van der Waals surface area contributed by atoms with Crippen molar-refractivity contribution >= 4 is 17.5 Å². The Morgan fingerprint density at radius 1 is 1.03 bits per heavy atom. The number of nitrogens with one attached hydrogen (secondary N) is 1. The second-order valence-electron chi connectivity index (χ2n) is 14.4. The lowest BCUT2D eigenvalue weighted by Crippen LogP contribution is -2.67. The summed E-state index contributed by atoms with van der Waals surface area (Å²) in [6, 6.07) is 2.18. The summed E-state index contributed by atoms with van der Waals surface area (Å²) in [5.74, 6) is 0.773. The van der Waals surface area contributed by atoms with Crippen molar-refractivity contribution in [2.75, 3.05) is 7.05 Å². The highest BCUT2D eigenvalue weighted by Crippen LogP contribution is 2.74. The summed E-state index contributed by atoms with van der Waals surface area (Å²) < 4.78 is 0. The molecule has 37 heavy (non-hydrogen) atoms. The molecule has 0 bridgehead atoms. The second kappa shape index (κ2) is 7.90. The van der Waals surface area contributed by atoms with Gasteiger partial charge in [0.25, 0.3) is 0 Å². The van der Waals surface area contributed by atoms with Crippen molar-refractivity contribution in [3.8, 4) is 6.07 Å². The van der Waals surface area contributed by atoms with E-state index in [9.17, 15) is 19.6 Å². The van der Waals surface area contributed by atoms with Gasteiger partial charge in [-0.05, 0) is 79.1 Å². The van der Waals surface area contributed by atoms with Crippen LogP contribution in [0.1, 0.15) is 87.0 Å². The van der Waals surface area contributed by atoms with Crippen molar-refractivity contribution in [1.82, 2.24) is 5.32 Å². The van der Waals surface area contributed by atoms with E-state index in [0.29, 0.717) is 5.92 Å². The van der Waals surface area contributed by atoms with Gasteiger partial charge in [-0.2, -0.15) is 5.26 Å². The van der Waals surface area contributed by atoms with Crippen molar-refractivity contribution in [1.29, 1.82) is 5.26 Å². The third-order valence-corrected chi connectivity index (χ3v) is 12.9. The van der Waals surface area contributed by atoms with Crippen LogP contribution in [0.25, 0.3) is 0 Å². The average Bonchev–Trinajstić information content (AvgIpc) is 2.85. The van der Waals surface area contributed by atoms with Crippen LogP contribution in [-0.4, -0.2) is 24.5 Å². The molecule has 3 saturated carbocycles. The first-order valence-electron chi connectivity index (χ1n) is 14.3. The molecule has 3 fully saturated rings. The van der Waals surface area contributed by atoms with E-state index in [0.717, 1.165) is 44.1 Å². The third-order valence-electron chi connectivity index (χ3n) is 12.9. The monoisotopic (exact) mass is 504 g/mol. The average molecular weight is 505 g/mol. The summed E-state index contributed by atoms with van der Waals surface area (Å²) in [6.07, 6.45) is 9.12. The van der Waals surface area contributed by atoms with Crippen LogP contribution >= 0.6 is 0 Å². The lowest BCUT2D eigenvalue weighted by Gasteiger charge is -2.69. The van der Waals surface area contributed by atoms with Gasteiger partial charge in [-0.15, -0.1) is 0 Å². The fourth-order valence-electron chi connectivity index (χ4n) is 10.5. The molecule has 5 aliphatic carbocycles. The molecule has 0 unspecified atom stereocenters. The van der Waals surface area contributed by atoms with Crippen LogP contribution in [-0.2, 0) is 14.4 Å². The van der Waals surface area contributed by atoms with Gasteiger partial charge < -0.3 is 5.32 Å². The van der Waals surface area contributed by atoms with Crippen molar-refractivity contribution in [2.45, 2.75) is 87.0 Å². The summed E-state index contributed by atoms with van der Waals surface area (Å²) >= 11 is 0. The van der Waals surface area contributed by atoms with Crippen molar-refractivity contribution in [2.24, 2.45) is 56.7 Å². The molecule has 200 valence electrons. The van der Waals surface area contributed by atoms with Gasteiger partial charge in [-0.25, -0.2) is 0 Å². The van der Waals surface area contributed by atoms with Gasteiger partial charge in [0.15, 0.2) is 11.6 Å². The Hall–Kier alpha value is -2.22. The summed E-state index contributed by atoms with van der Waals surface area (Å²) in [4.78, 5) is 41.2. The van der Waals surface area contributed by atoms with E-state index < -0.39 is 16.2 Å². The van der Waals surface area contributed by atoms with Gasteiger partial charge in [-0.3, -0.25) is 14.4 Å². The van der Waals surface area contributed by atoms with E-state index in [1.807, 2.05) is 26.0 Å². The normalized spacial score (nSPS) is 48.2. The maximum absolute atomic E-state index is 14.4. The summed E-state index contributed by atoms with van der Waals surface area (Å²) in [5.41, 5.74) is -0.883. The molecule has 5 nitrogen and oxygen atoms in total. The largest absolute Gasteiger partial charge is 0.359 e. The molecular formula is C32H44N2O3.